The third-order valence-electron chi connectivity index (χ3n) is 3.62. The van der Waals surface area contributed by atoms with Crippen molar-refractivity contribution in [2.24, 2.45) is 0 Å². The van der Waals surface area contributed by atoms with Crippen molar-refractivity contribution in [2.45, 2.75) is 45.9 Å². The molecule has 0 aromatic carbocycles. The molecule has 1 saturated heterocycles. The van der Waals surface area contributed by atoms with Crippen molar-refractivity contribution >= 4 is 27.7 Å². The molecule has 0 bridgehead atoms. The maximum Gasteiger partial charge on any atom is 0.0822 e. The summed E-state index contributed by atoms with van der Waals surface area (Å²) in [6.07, 6.45) is 1.25. The smallest absolute Gasteiger partial charge is 0.0822 e. The maximum atomic E-state index is 5.96. The highest BCUT2D eigenvalue weighted by Gasteiger charge is 2.27. The Balaban J connectivity index is 2.14. The Hall–Kier alpha value is -0.0400. The first kappa shape index (κ1) is 16.3. The molecule has 0 amide bonds. The van der Waals surface area contributed by atoms with Gasteiger partial charge in [0.2, 0.25) is 0 Å². The van der Waals surface area contributed by atoms with Crippen LogP contribution in [0, 0.1) is 6.92 Å². The van der Waals surface area contributed by atoms with Gasteiger partial charge in [0.05, 0.1) is 28.6 Å². The van der Waals surface area contributed by atoms with Crippen molar-refractivity contribution < 1.29 is 4.74 Å². The number of nitrogens with zero attached hydrogens (tertiary/aromatic N) is 2. The zero-order valence-electron chi connectivity index (χ0n) is 12.5. The van der Waals surface area contributed by atoms with Gasteiger partial charge in [-0.05, 0) is 36.3 Å². The third kappa shape index (κ3) is 3.78. The average molecular weight is 362 g/mol. The van der Waals surface area contributed by atoms with Crippen LogP contribution < -0.4 is 5.32 Å². The Morgan fingerprint density at radius 1 is 1.55 bits per heavy atom. The number of aryl methyl sites for hydroxylation is 2. The van der Waals surface area contributed by atoms with Crippen LogP contribution in [0.15, 0.2) is 4.47 Å². The number of nitrogens with one attached hydrogen (secondary N) is 1. The van der Waals surface area contributed by atoms with Crippen molar-refractivity contribution in [2.75, 3.05) is 24.7 Å². The topological polar surface area (TPSA) is 39.1 Å². The van der Waals surface area contributed by atoms with Crippen molar-refractivity contribution in [3.05, 3.63) is 15.9 Å². The predicted molar refractivity (Wildman–Crippen MR) is 88.6 cm³/mol. The number of thioether (sulfide) groups is 1. The zero-order chi connectivity index (χ0) is 14.5. The zero-order valence-corrected chi connectivity index (χ0v) is 14.9. The monoisotopic (exact) mass is 361 g/mol. The van der Waals surface area contributed by atoms with Crippen LogP contribution in [0.25, 0.3) is 0 Å². The van der Waals surface area contributed by atoms with Crippen LogP contribution in [0.3, 0.4) is 0 Å². The second kappa shape index (κ2) is 7.82. The Bertz CT molecular complexity index is 432. The molecule has 20 heavy (non-hydrogen) atoms. The number of ether oxygens (including phenoxy) is 1. The van der Waals surface area contributed by atoms with Gasteiger partial charge < -0.3 is 10.1 Å². The van der Waals surface area contributed by atoms with Crippen molar-refractivity contribution in [3.8, 4) is 0 Å². The standard InChI is InChI=1S/C14H24BrN3OS/c1-4-16-11(13-9-20-7-6-19-13)8-12-14(15)10(3)17-18(12)5-2/h11,13,16H,4-9H2,1-3H3. The van der Waals surface area contributed by atoms with Crippen molar-refractivity contribution in [1.29, 1.82) is 0 Å². The fourth-order valence-electron chi connectivity index (χ4n) is 2.61. The van der Waals surface area contributed by atoms with Gasteiger partial charge in [-0.15, -0.1) is 0 Å². The highest BCUT2D eigenvalue weighted by molar-refractivity contribution is 9.10. The number of hydrogen-bond donors (Lipinski definition) is 1. The summed E-state index contributed by atoms with van der Waals surface area (Å²) in [7, 11) is 0. The first-order valence-electron chi connectivity index (χ1n) is 7.31. The molecule has 1 aliphatic rings. The van der Waals surface area contributed by atoms with E-state index >= 15 is 0 Å². The first-order valence-corrected chi connectivity index (χ1v) is 9.26. The van der Waals surface area contributed by atoms with Gasteiger partial charge in [0.1, 0.15) is 0 Å². The molecule has 1 aromatic rings. The minimum absolute atomic E-state index is 0.293. The van der Waals surface area contributed by atoms with E-state index in [9.17, 15) is 0 Å². The van der Waals surface area contributed by atoms with E-state index in [1.165, 1.54) is 5.69 Å². The molecule has 0 saturated carbocycles. The number of rotatable bonds is 6. The highest BCUT2D eigenvalue weighted by atomic mass is 79.9. The Labute approximate surface area is 134 Å². The summed E-state index contributed by atoms with van der Waals surface area (Å²) < 4.78 is 9.20. The van der Waals surface area contributed by atoms with Crippen molar-refractivity contribution in [3.63, 3.8) is 0 Å². The molecule has 0 aliphatic carbocycles. The van der Waals surface area contributed by atoms with E-state index in [4.69, 9.17) is 4.74 Å². The van der Waals surface area contributed by atoms with Gasteiger partial charge in [0, 0.05) is 30.5 Å². The average Bonchev–Trinajstić information content (AvgIpc) is 2.75. The molecule has 2 rings (SSSR count). The van der Waals surface area contributed by atoms with Crippen LogP contribution >= 0.6 is 27.7 Å². The van der Waals surface area contributed by atoms with E-state index in [-0.39, 0.29) is 0 Å². The normalized spacial score (nSPS) is 21.1. The SMILES string of the molecule is CCNC(Cc1c(Br)c(C)nn1CC)C1CSCCO1. The number of aromatic nitrogens is 2. The van der Waals surface area contributed by atoms with E-state index in [0.717, 1.165) is 47.8 Å². The lowest BCUT2D eigenvalue weighted by Gasteiger charge is -2.31. The molecule has 1 aromatic heterocycles. The molecule has 2 heterocycles. The minimum atomic E-state index is 0.293. The molecule has 4 nitrogen and oxygen atoms in total. The maximum absolute atomic E-state index is 5.96. The van der Waals surface area contributed by atoms with Crippen LogP contribution in [0.1, 0.15) is 25.2 Å². The molecule has 0 spiro atoms. The summed E-state index contributed by atoms with van der Waals surface area (Å²) in [5, 5.41) is 8.17. The molecule has 114 valence electrons. The quantitative estimate of drug-likeness (QED) is 0.845. The van der Waals surface area contributed by atoms with Crippen LogP contribution in [-0.4, -0.2) is 46.6 Å². The van der Waals surface area contributed by atoms with Gasteiger partial charge in [0.25, 0.3) is 0 Å². The summed E-state index contributed by atoms with van der Waals surface area (Å²) in [4.78, 5) is 0. The molecule has 1 fully saturated rings. The van der Waals surface area contributed by atoms with Crippen molar-refractivity contribution in [1.82, 2.24) is 15.1 Å². The third-order valence-corrected chi connectivity index (χ3v) is 5.67. The lowest BCUT2D eigenvalue weighted by atomic mass is 10.1. The molecule has 6 heteroatoms. The number of hydrogen-bond acceptors (Lipinski definition) is 4. The molecule has 0 radical (unpaired) electrons. The Morgan fingerprint density at radius 2 is 2.35 bits per heavy atom. The fraction of sp³-hybridized carbons (Fsp3) is 0.786. The molecule has 2 atom stereocenters. The first-order chi connectivity index (χ1) is 9.67. The Morgan fingerprint density at radius 3 is 2.95 bits per heavy atom. The lowest BCUT2D eigenvalue weighted by Crippen LogP contribution is -2.46. The summed E-state index contributed by atoms with van der Waals surface area (Å²) in [6, 6.07) is 0.352. The molecule has 1 N–H and O–H groups in total. The molecule has 2 unspecified atom stereocenters. The second-order valence-corrected chi connectivity index (χ2v) is 6.96. The van der Waals surface area contributed by atoms with Gasteiger partial charge in [-0.25, -0.2) is 0 Å². The van der Waals surface area contributed by atoms with Crippen LogP contribution in [0.4, 0.5) is 0 Å². The van der Waals surface area contributed by atoms with E-state index in [1.54, 1.807) is 0 Å². The van der Waals surface area contributed by atoms with Crippen LogP contribution in [0.5, 0.6) is 0 Å². The van der Waals surface area contributed by atoms with E-state index in [0.29, 0.717) is 12.1 Å². The molecular weight excluding hydrogens is 338 g/mol. The largest absolute Gasteiger partial charge is 0.375 e. The number of halogens is 1. The minimum Gasteiger partial charge on any atom is -0.375 e. The predicted octanol–water partition coefficient (Wildman–Crippen LogP) is 2.63. The van der Waals surface area contributed by atoms with E-state index in [2.05, 4.69) is 51.8 Å². The lowest BCUT2D eigenvalue weighted by molar-refractivity contribution is 0.0470. The van der Waals surface area contributed by atoms with Gasteiger partial charge in [0.15, 0.2) is 0 Å². The number of likely N-dealkylation sites (N-methyl/N-ethyl adjacent to an activating group) is 1. The summed E-state index contributed by atoms with van der Waals surface area (Å²) in [5.74, 6) is 2.19. The van der Waals surface area contributed by atoms with Gasteiger partial charge >= 0.3 is 0 Å². The van der Waals surface area contributed by atoms with E-state index < -0.39 is 0 Å². The summed E-state index contributed by atoms with van der Waals surface area (Å²) in [5.41, 5.74) is 2.34. The van der Waals surface area contributed by atoms with Crippen LogP contribution in [-0.2, 0) is 17.7 Å². The summed E-state index contributed by atoms with van der Waals surface area (Å²) >= 11 is 5.68. The fourth-order valence-corrected chi connectivity index (χ4v) is 4.00. The van der Waals surface area contributed by atoms with Gasteiger partial charge in [-0.2, -0.15) is 16.9 Å². The molecule has 1 aliphatic heterocycles. The highest BCUT2D eigenvalue weighted by Crippen LogP contribution is 2.25. The van der Waals surface area contributed by atoms with Gasteiger partial charge in [-0.3, -0.25) is 4.68 Å². The van der Waals surface area contributed by atoms with Crippen LogP contribution in [0.2, 0.25) is 0 Å². The second-order valence-electron chi connectivity index (χ2n) is 5.01. The molecular formula is C14H24BrN3OS. The van der Waals surface area contributed by atoms with E-state index in [1.807, 2.05) is 11.8 Å². The summed E-state index contributed by atoms with van der Waals surface area (Å²) in [6.45, 7) is 9.07. The Kier molecular flexibility index (Phi) is 6.39. The van der Waals surface area contributed by atoms with Gasteiger partial charge in [-0.1, -0.05) is 6.92 Å².